The Bertz CT molecular complexity index is 521. The number of hydrogen-bond donors (Lipinski definition) is 1. The SMILES string of the molecule is Nc1ncc(Br)c(Sc2ncccc2Br)n1. The number of hydrogen-bond acceptors (Lipinski definition) is 5. The lowest BCUT2D eigenvalue weighted by Gasteiger charge is -2.04. The lowest BCUT2D eigenvalue weighted by Crippen LogP contribution is -1.96. The first-order valence-electron chi connectivity index (χ1n) is 4.23. The molecule has 2 rings (SSSR count). The second-order valence-electron chi connectivity index (χ2n) is 2.77. The Kier molecular flexibility index (Phi) is 3.78. The fourth-order valence-corrected chi connectivity index (χ4v) is 2.66. The number of nitrogen functional groups attached to an aromatic ring is 1. The van der Waals surface area contributed by atoms with Crippen molar-refractivity contribution in [2.24, 2.45) is 0 Å². The highest BCUT2D eigenvalue weighted by Crippen LogP contribution is 2.34. The zero-order valence-electron chi connectivity index (χ0n) is 7.89. The van der Waals surface area contributed by atoms with E-state index in [0.717, 1.165) is 19.0 Å². The summed E-state index contributed by atoms with van der Waals surface area (Å²) in [4.78, 5) is 12.2. The Hall–Kier alpha value is -0.660. The maximum atomic E-state index is 5.53. The molecule has 4 nitrogen and oxygen atoms in total. The molecule has 0 aliphatic rings. The Morgan fingerprint density at radius 1 is 1.12 bits per heavy atom. The Morgan fingerprint density at radius 2 is 1.94 bits per heavy atom. The lowest BCUT2D eigenvalue weighted by molar-refractivity contribution is 1.03. The van der Waals surface area contributed by atoms with Crippen molar-refractivity contribution in [3.05, 3.63) is 33.5 Å². The zero-order valence-corrected chi connectivity index (χ0v) is 11.9. The molecule has 0 saturated carbocycles. The van der Waals surface area contributed by atoms with Crippen LogP contribution in [0, 0.1) is 0 Å². The van der Waals surface area contributed by atoms with Crippen molar-refractivity contribution in [3.8, 4) is 0 Å². The van der Waals surface area contributed by atoms with Crippen LogP contribution in [0.5, 0.6) is 0 Å². The van der Waals surface area contributed by atoms with E-state index in [4.69, 9.17) is 5.73 Å². The predicted octanol–water partition coefficient (Wildman–Crippen LogP) is 3.13. The largest absolute Gasteiger partial charge is 0.368 e. The van der Waals surface area contributed by atoms with Crippen molar-refractivity contribution in [2.75, 3.05) is 5.73 Å². The van der Waals surface area contributed by atoms with Crippen LogP contribution in [0.2, 0.25) is 0 Å². The minimum atomic E-state index is 0.248. The standard InChI is InChI=1S/C9H6Br2N4S/c10-5-2-1-3-13-7(5)16-8-6(11)4-14-9(12)15-8/h1-4H,(H2,12,14,15). The van der Waals surface area contributed by atoms with Crippen LogP contribution in [-0.4, -0.2) is 15.0 Å². The van der Waals surface area contributed by atoms with Crippen molar-refractivity contribution >= 4 is 49.6 Å². The van der Waals surface area contributed by atoms with E-state index in [1.54, 1.807) is 12.4 Å². The molecule has 82 valence electrons. The molecule has 0 bridgehead atoms. The molecule has 2 N–H and O–H groups in total. The van der Waals surface area contributed by atoms with Crippen LogP contribution in [0.25, 0.3) is 0 Å². The molecule has 2 heterocycles. The van der Waals surface area contributed by atoms with Gasteiger partial charge in [-0.15, -0.1) is 0 Å². The molecule has 0 unspecified atom stereocenters. The second kappa shape index (κ2) is 5.11. The molecule has 0 aliphatic carbocycles. The number of nitrogens with two attached hydrogens (primary N) is 1. The van der Waals surface area contributed by atoms with Crippen LogP contribution in [-0.2, 0) is 0 Å². The minimum Gasteiger partial charge on any atom is -0.368 e. The van der Waals surface area contributed by atoms with Crippen LogP contribution < -0.4 is 5.73 Å². The van der Waals surface area contributed by atoms with Gasteiger partial charge in [-0.25, -0.2) is 15.0 Å². The van der Waals surface area contributed by atoms with Gasteiger partial charge >= 0.3 is 0 Å². The van der Waals surface area contributed by atoms with Gasteiger partial charge < -0.3 is 5.73 Å². The molecule has 0 spiro atoms. The number of aromatic nitrogens is 3. The summed E-state index contributed by atoms with van der Waals surface area (Å²) in [5.41, 5.74) is 5.53. The smallest absolute Gasteiger partial charge is 0.221 e. The summed E-state index contributed by atoms with van der Waals surface area (Å²) in [6.45, 7) is 0. The highest BCUT2D eigenvalue weighted by Gasteiger charge is 2.08. The second-order valence-corrected chi connectivity index (χ2v) is 5.46. The van der Waals surface area contributed by atoms with E-state index < -0.39 is 0 Å². The fraction of sp³-hybridized carbons (Fsp3) is 0. The zero-order chi connectivity index (χ0) is 11.5. The van der Waals surface area contributed by atoms with Gasteiger partial charge in [-0.2, -0.15) is 0 Å². The van der Waals surface area contributed by atoms with E-state index in [-0.39, 0.29) is 5.95 Å². The summed E-state index contributed by atoms with van der Waals surface area (Å²) in [5.74, 6) is 0.248. The van der Waals surface area contributed by atoms with Gasteiger partial charge in [0, 0.05) is 12.4 Å². The molecule has 0 saturated heterocycles. The summed E-state index contributed by atoms with van der Waals surface area (Å²) in [6.07, 6.45) is 3.35. The number of halogens is 2. The molecule has 0 amide bonds. The van der Waals surface area contributed by atoms with Crippen LogP contribution in [0.1, 0.15) is 0 Å². The first-order valence-corrected chi connectivity index (χ1v) is 6.63. The molecule has 7 heteroatoms. The van der Waals surface area contributed by atoms with Crippen molar-refractivity contribution in [2.45, 2.75) is 10.1 Å². The average molecular weight is 362 g/mol. The molecule has 0 aliphatic heterocycles. The average Bonchev–Trinajstić information content (AvgIpc) is 2.27. The molecule has 2 aromatic rings. The van der Waals surface area contributed by atoms with Gasteiger partial charge in [0.25, 0.3) is 0 Å². The Morgan fingerprint density at radius 3 is 2.69 bits per heavy atom. The Labute approximate surface area is 113 Å². The van der Waals surface area contributed by atoms with E-state index in [2.05, 4.69) is 46.8 Å². The van der Waals surface area contributed by atoms with E-state index in [0.29, 0.717) is 0 Å². The summed E-state index contributed by atoms with van der Waals surface area (Å²) in [5, 5.41) is 1.58. The summed E-state index contributed by atoms with van der Waals surface area (Å²) >= 11 is 8.21. The van der Waals surface area contributed by atoms with Crippen molar-refractivity contribution in [1.29, 1.82) is 0 Å². The van der Waals surface area contributed by atoms with E-state index >= 15 is 0 Å². The van der Waals surface area contributed by atoms with Crippen molar-refractivity contribution in [1.82, 2.24) is 15.0 Å². The monoisotopic (exact) mass is 360 g/mol. The maximum Gasteiger partial charge on any atom is 0.221 e. The van der Waals surface area contributed by atoms with E-state index in [1.165, 1.54) is 11.8 Å². The number of rotatable bonds is 2. The fourth-order valence-electron chi connectivity index (χ4n) is 0.974. The van der Waals surface area contributed by atoms with Gasteiger partial charge in [0.2, 0.25) is 5.95 Å². The van der Waals surface area contributed by atoms with Crippen LogP contribution >= 0.6 is 43.6 Å². The predicted molar refractivity (Wildman–Crippen MR) is 70.2 cm³/mol. The summed E-state index contributed by atoms with van der Waals surface area (Å²) < 4.78 is 1.72. The summed E-state index contributed by atoms with van der Waals surface area (Å²) in [7, 11) is 0. The van der Waals surface area contributed by atoms with E-state index in [1.807, 2.05) is 12.1 Å². The molecule has 0 atom stereocenters. The third-order valence-electron chi connectivity index (χ3n) is 1.65. The Balaban J connectivity index is 2.34. The first-order chi connectivity index (χ1) is 7.66. The normalized spacial score (nSPS) is 10.4. The number of nitrogens with zero attached hydrogens (tertiary/aromatic N) is 3. The number of anilines is 1. The van der Waals surface area contributed by atoms with Crippen molar-refractivity contribution in [3.63, 3.8) is 0 Å². The van der Waals surface area contributed by atoms with Crippen LogP contribution in [0.4, 0.5) is 5.95 Å². The molecular weight excluding hydrogens is 356 g/mol. The maximum absolute atomic E-state index is 5.53. The molecule has 0 fully saturated rings. The molecule has 16 heavy (non-hydrogen) atoms. The molecule has 0 radical (unpaired) electrons. The highest BCUT2D eigenvalue weighted by molar-refractivity contribution is 9.11. The van der Waals surface area contributed by atoms with Gasteiger partial charge in [0.15, 0.2) is 0 Å². The van der Waals surface area contributed by atoms with Gasteiger partial charge in [0.05, 0.1) is 8.95 Å². The van der Waals surface area contributed by atoms with Gasteiger partial charge in [0.1, 0.15) is 10.1 Å². The molecule has 2 aromatic heterocycles. The first kappa shape index (κ1) is 11.8. The molecular formula is C9H6Br2N4S. The third kappa shape index (κ3) is 2.72. The highest BCUT2D eigenvalue weighted by atomic mass is 79.9. The van der Waals surface area contributed by atoms with E-state index in [9.17, 15) is 0 Å². The summed E-state index contributed by atoms with van der Waals surface area (Å²) in [6, 6.07) is 3.78. The molecule has 0 aromatic carbocycles. The topological polar surface area (TPSA) is 64.7 Å². The third-order valence-corrected chi connectivity index (χ3v) is 4.42. The lowest BCUT2D eigenvalue weighted by atomic mass is 10.5. The van der Waals surface area contributed by atoms with Crippen LogP contribution in [0.3, 0.4) is 0 Å². The van der Waals surface area contributed by atoms with Crippen molar-refractivity contribution < 1.29 is 0 Å². The quantitative estimate of drug-likeness (QED) is 0.832. The van der Waals surface area contributed by atoms with Gasteiger partial charge in [-0.1, -0.05) is 0 Å². The van der Waals surface area contributed by atoms with Gasteiger partial charge in [-0.3, -0.25) is 0 Å². The number of pyridine rings is 1. The minimum absolute atomic E-state index is 0.248. The van der Waals surface area contributed by atoms with Crippen LogP contribution in [0.15, 0.2) is 43.5 Å². The van der Waals surface area contributed by atoms with Gasteiger partial charge in [-0.05, 0) is 55.8 Å².